The van der Waals surface area contributed by atoms with Gasteiger partial charge in [0.25, 0.3) is 10.1 Å². The molecule has 0 amide bonds. The van der Waals surface area contributed by atoms with Crippen LogP contribution in [0.3, 0.4) is 0 Å². The van der Waals surface area contributed by atoms with Gasteiger partial charge in [0.2, 0.25) is 10.0 Å². The van der Waals surface area contributed by atoms with Crippen LogP contribution in [0.4, 0.5) is 4.39 Å². The van der Waals surface area contributed by atoms with E-state index in [1.807, 2.05) is 6.92 Å². The van der Waals surface area contributed by atoms with Gasteiger partial charge in [0.05, 0.1) is 11.5 Å². The van der Waals surface area contributed by atoms with Crippen molar-refractivity contribution in [1.29, 1.82) is 0 Å². The molecule has 0 radical (unpaired) electrons. The van der Waals surface area contributed by atoms with Gasteiger partial charge in [-0.05, 0) is 24.6 Å². The van der Waals surface area contributed by atoms with Gasteiger partial charge in [-0.15, -0.1) is 0 Å². The first-order valence-corrected chi connectivity index (χ1v) is 10.6. The van der Waals surface area contributed by atoms with Crippen molar-refractivity contribution in [2.75, 3.05) is 6.61 Å². The predicted molar refractivity (Wildman–Crippen MR) is 93.4 cm³/mol. The molecule has 2 aromatic carbocycles. The van der Waals surface area contributed by atoms with Crippen LogP contribution in [-0.2, 0) is 20.1 Å². The van der Waals surface area contributed by atoms with E-state index in [0.717, 1.165) is 30.7 Å². The van der Waals surface area contributed by atoms with Crippen LogP contribution in [0.25, 0.3) is 11.1 Å². The second kappa shape index (κ2) is 7.70. The molecule has 7 nitrogen and oxygen atoms in total. The summed E-state index contributed by atoms with van der Waals surface area (Å²) >= 11 is 0. The summed E-state index contributed by atoms with van der Waals surface area (Å²) in [7, 11) is -9.19. The summed E-state index contributed by atoms with van der Waals surface area (Å²) in [6.45, 7) is 2.04. The van der Waals surface area contributed by atoms with Crippen LogP contribution in [0, 0.1) is 5.82 Å². The number of unbranched alkanes of at least 4 members (excludes halogenated alkanes) is 1. The molecule has 0 aliphatic rings. The maximum Gasteiger partial charge on any atom is 0.295 e. The summed E-state index contributed by atoms with van der Waals surface area (Å²) in [5, 5.41) is 5.18. The standard InChI is InChI=1S/C16H18FNO6S2/c1-2-3-10-24-16-11(6-4-7-12(16)17)15-13(25(18,19)20)8-5-9-14(15)26(21,22)23/h4-9H,2-3,10H2,1H3,(H2,18,19,20)(H,21,22,23). The number of halogens is 1. The molecule has 0 bridgehead atoms. The van der Waals surface area contributed by atoms with Gasteiger partial charge < -0.3 is 4.74 Å². The average molecular weight is 403 g/mol. The van der Waals surface area contributed by atoms with Crippen molar-refractivity contribution in [2.45, 2.75) is 29.6 Å². The molecule has 10 heteroatoms. The van der Waals surface area contributed by atoms with E-state index in [2.05, 4.69) is 0 Å². The maximum atomic E-state index is 14.3. The highest BCUT2D eigenvalue weighted by molar-refractivity contribution is 7.89. The van der Waals surface area contributed by atoms with Crippen molar-refractivity contribution in [2.24, 2.45) is 5.14 Å². The van der Waals surface area contributed by atoms with Crippen LogP contribution in [0.15, 0.2) is 46.2 Å². The fraction of sp³-hybridized carbons (Fsp3) is 0.250. The van der Waals surface area contributed by atoms with E-state index in [1.165, 1.54) is 12.1 Å². The summed E-state index contributed by atoms with van der Waals surface area (Å²) in [6, 6.07) is 6.84. The Kier molecular flexibility index (Phi) is 6.02. The number of para-hydroxylation sites is 1. The van der Waals surface area contributed by atoms with Gasteiger partial charge in [0, 0.05) is 11.1 Å². The lowest BCUT2D eigenvalue weighted by Gasteiger charge is -2.16. The van der Waals surface area contributed by atoms with Crippen LogP contribution >= 0.6 is 0 Å². The Labute approximate surface area is 151 Å². The van der Waals surface area contributed by atoms with E-state index in [9.17, 15) is 25.8 Å². The molecule has 0 aliphatic carbocycles. The molecule has 0 unspecified atom stereocenters. The van der Waals surface area contributed by atoms with E-state index < -0.39 is 41.3 Å². The normalized spacial score (nSPS) is 12.2. The number of hydrogen-bond acceptors (Lipinski definition) is 5. The molecule has 0 heterocycles. The highest BCUT2D eigenvalue weighted by Gasteiger charge is 2.27. The molecule has 2 aromatic rings. The van der Waals surface area contributed by atoms with Crippen LogP contribution in [0.1, 0.15) is 19.8 Å². The van der Waals surface area contributed by atoms with E-state index in [4.69, 9.17) is 9.88 Å². The fourth-order valence-electron chi connectivity index (χ4n) is 2.40. The quantitative estimate of drug-likeness (QED) is 0.541. The smallest absolute Gasteiger partial charge is 0.295 e. The molecule has 142 valence electrons. The number of primary sulfonamides is 1. The van der Waals surface area contributed by atoms with Crippen LogP contribution < -0.4 is 9.88 Å². The van der Waals surface area contributed by atoms with Crippen LogP contribution in [0.5, 0.6) is 5.75 Å². The van der Waals surface area contributed by atoms with E-state index >= 15 is 0 Å². The lowest BCUT2D eigenvalue weighted by molar-refractivity contribution is 0.295. The third kappa shape index (κ3) is 4.39. The molecule has 0 spiro atoms. The summed E-state index contributed by atoms with van der Waals surface area (Å²) in [6.07, 6.45) is 1.38. The second-order valence-corrected chi connectivity index (χ2v) is 8.39. The number of sulfonamides is 1. The van der Waals surface area contributed by atoms with Gasteiger partial charge in [0.1, 0.15) is 4.90 Å². The first-order valence-electron chi connectivity index (χ1n) is 7.62. The molecule has 2 rings (SSSR count). The number of benzene rings is 2. The Bertz CT molecular complexity index is 969. The van der Waals surface area contributed by atoms with Crippen molar-refractivity contribution >= 4 is 20.1 Å². The number of rotatable bonds is 7. The van der Waals surface area contributed by atoms with Gasteiger partial charge in [-0.1, -0.05) is 31.5 Å². The average Bonchev–Trinajstić information content (AvgIpc) is 2.54. The molecule has 0 fully saturated rings. The lowest BCUT2D eigenvalue weighted by Crippen LogP contribution is -2.15. The summed E-state index contributed by atoms with van der Waals surface area (Å²) in [5.41, 5.74) is -0.582. The zero-order valence-corrected chi connectivity index (χ0v) is 15.5. The number of ether oxygens (including phenoxy) is 1. The Balaban J connectivity index is 2.86. The van der Waals surface area contributed by atoms with Gasteiger partial charge in [0.15, 0.2) is 11.6 Å². The minimum atomic E-state index is -4.82. The van der Waals surface area contributed by atoms with Gasteiger partial charge in [-0.2, -0.15) is 8.42 Å². The maximum absolute atomic E-state index is 14.3. The number of hydrogen-bond donors (Lipinski definition) is 2. The zero-order chi connectivity index (χ0) is 19.5. The molecule has 0 aliphatic heterocycles. The van der Waals surface area contributed by atoms with Gasteiger partial charge in [-0.3, -0.25) is 4.55 Å². The summed E-state index contributed by atoms with van der Waals surface area (Å²) in [5.74, 6) is -1.12. The Morgan fingerprint density at radius 1 is 1.08 bits per heavy atom. The van der Waals surface area contributed by atoms with Gasteiger partial charge >= 0.3 is 0 Å². The van der Waals surface area contributed by atoms with Crippen molar-refractivity contribution in [3.05, 3.63) is 42.2 Å². The molecule has 3 N–H and O–H groups in total. The van der Waals surface area contributed by atoms with E-state index in [-0.39, 0.29) is 17.9 Å². The fourth-order valence-corrected chi connectivity index (χ4v) is 3.97. The topological polar surface area (TPSA) is 124 Å². The first kappa shape index (κ1) is 20.3. The Morgan fingerprint density at radius 2 is 1.69 bits per heavy atom. The number of nitrogens with two attached hydrogens (primary N) is 1. The minimum absolute atomic E-state index is 0.140. The highest BCUT2D eigenvalue weighted by atomic mass is 32.2. The van der Waals surface area contributed by atoms with Crippen molar-refractivity contribution in [3.8, 4) is 16.9 Å². The molecule has 0 aromatic heterocycles. The molecular formula is C16H18FNO6S2. The molecule has 0 saturated heterocycles. The minimum Gasteiger partial charge on any atom is -0.490 e. The highest BCUT2D eigenvalue weighted by Crippen LogP contribution is 2.40. The van der Waals surface area contributed by atoms with Crippen LogP contribution in [-0.4, -0.2) is 28.0 Å². The largest absolute Gasteiger partial charge is 0.490 e. The summed E-state index contributed by atoms with van der Waals surface area (Å²) in [4.78, 5) is -1.28. The Hall–Kier alpha value is -2.01. The summed E-state index contributed by atoms with van der Waals surface area (Å²) < 4.78 is 76.6. The second-order valence-electron chi connectivity index (χ2n) is 5.47. The van der Waals surface area contributed by atoms with Crippen LogP contribution in [0.2, 0.25) is 0 Å². The molecule has 26 heavy (non-hydrogen) atoms. The Morgan fingerprint density at radius 3 is 2.27 bits per heavy atom. The predicted octanol–water partition coefficient (Wildman–Crippen LogP) is 2.57. The third-order valence-corrected chi connectivity index (χ3v) is 5.40. The van der Waals surface area contributed by atoms with E-state index in [0.29, 0.717) is 6.42 Å². The van der Waals surface area contributed by atoms with E-state index in [1.54, 1.807) is 0 Å². The molecular weight excluding hydrogens is 385 g/mol. The SMILES string of the molecule is CCCCOc1c(F)cccc1-c1c(S(N)(=O)=O)cccc1S(=O)(=O)O. The van der Waals surface area contributed by atoms with Crippen molar-refractivity contribution in [3.63, 3.8) is 0 Å². The third-order valence-electron chi connectivity index (χ3n) is 3.55. The molecule has 0 atom stereocenters. The zero-order valence-electron chi connectivity index (χ0n) is 13.8. The van der Waals surface area contributed by atoms with Crippen molar-refractivity contribution in [1.82, 2.24) is 0 Å². The lowest BCUT2D eigenvalue weighted by atomic mass is 10.0. The van der Waals surface area contributed by atoms with Gasteiger partial charge in [-0.25, -0.2) is 17.9 Å². The molecule has 0 saturated carbocycles. The first-order chi connectivity index (χ1) is 12.1. The monoisotopic (exact) mass is 403 g/mol. The van der Waals surface area contributed by atoms with Crippen molar-refractivity contribution < 1.29 is 30.5 Å².